The molecule has 1 fully saturated rings. The molecule has 0 saturated carbocycles. The van der Waals surface area contributed by atoms with Gasteiger partial charge in [0.25, 0.3) is 0 Å². The molecule has 1 heterocycles. The van der Waals surface area contributed by atoms with Gasteiger partial charge in [-0.15, -0.1) is 12.4 Å². The number of rotatable bonds is 9. The average Bonchev–Trinajstić information content (AvgIpc) is 2.77. The maximum absolute atomic E-state index is 12.7. The summed E-state index contributed by atoms with van der Waals surface area (Å²) in [6.45, 7) is 1.99. The number of carbonyl (C=O) groups is 2. The first-order chi connectivity index (χ1) is 14.6. The van der Waals surface area contributed by atoms with E-state index in [1.54, 1.807) is 0 Å². The number of ketones is 1. The molecule has 5 heteroatoms. The second-order valence-electron chi connectivity index (χ2n) is 8.27. The number of piperidine rings is 1. The molecule has 31 heavy (non-hydrogen) atoms. The van der Waals surface area contributed by atoms with Crippen LogP contribution in [0.25, 0.3) is 0 Å². The van der Waals surface area contributed by atoms with Gasteiger partial charge in [0.15, 0.2) is 5.78 Å². The molecule has 0 aromatic heterocycles. The highest BCUT2D eigenvalue weighted by Gasteiger charge is 2.32. The SMILES string of the molecule is CCCC(=O)OC(CC1CCCC(CC(=O)c2ccccc2)N1C)c1ccccc1.Cl. The lowest BCUT2D eigenvalue weighted by atomic mass is 9.88. The molecule has 168 valence electrons. The van der Waals surface area contributed by atoms with Crippen LogP contribution in [0.15, 0.2) is 60.7 Å². The zero-order valence-corrected chi connectivity index (χ0v) is 19.4. The van der Waals surface area contributed by atoms with Gasteiger partial charge in [-0.2, -0.15) is 0 Å². The van der Waals surface area contributed by atoms with Gasteiger partial charge >= 0.3 is 5.97 Å². The number of halogens is 1. The number of nitrogens with zero attached hydrogens (tertiary/aromatic N) is 1. The molecule has 0 amide bonds. The van der Waals surface area contributed by atoms with Crippen molar-refractivity contribution in [1.29, 1.82) is 0 Å². The zero-order valence-electron chi connectivity index (χ0n) is 18.5. The Hall–Kier alpha value is -2.17. The summed E-state index contributed by atoms with van der Waals surface area (Å²) < 4.78 is 5.88. The van der Waals surface area contributed by atoms with Crippen LogP contribution in [-0.2, 0) is 9.53 Å². The Balaban J connectivity index is 0.00000341. The predicted molar refractivity (Wildman–Crippen MR) is 127 cm³/mol. The van der Waals surface area contributed by atoms with Crippen molar-refractivity contribution in [2.75, 3.05) is 7.05 Å². The van der Waals surface area contributed by atoms with Crippen LogP contribution in [0.2, 0.25) is 0 Å². The van der Waals surface area contributed by atoms with Crippen molar-refractivity contribution in [3.8, 4) is 0 Å². The van der Waals surface area contributed by atoms with Gasteiger partial charge in [-0.05, 0) is 31.9 Å². The summed E-state index contributed by atoms with van der Waals surface area (Å²) in [6.07, 6.45) is 5.44. The van der Waals surface area contributed by atoms with Crippen molar-refractivity contribution >= 4 is 24.2 Å². The minimum atomic E-state index is -0.249. The van der Waals surface area contributed by atoms with Gasteiger partial charge in [-0.1, -0.05) is 74.0 Å². The maximum atomic E-state index is 12.7. The lowest BCUT2D eigenvalue weighted by molar-refractivity contribution is -0.150. The molecule has 3 atom stereocenters. The van der Waals surface area contributed by atoms with Gasteiger partial charge in [0.1, 0.15) is 6.10 Å². The van der Waals surface area contributed by atoms with E-state index >= 15 is 0 Å². The minimum Gasteiger partial charge on any atom is -0.457 e. The molecule has 0 aliphatic carbocycles. The van der Waals surface area contributed by atoms with E-state index in [4.69, 9.17) is 4.74 Å². The number of hydrogen-bond acceptors (Lipinski definition) is 4. The summed E-state index contributed by atoms with van der Waals surface area (Å²) in [5.41, 5.74) is 1.82. The first kappa shape index (κ1) is 25.1. The van der Waals surface area contributed by atoms with Crippen molar-refractivity contribution in [1.82, 2.24) is 4.90 Å². The Morgan fingerprint density at radius 1 is 1.00 bits per heavy atom. The van der Waals surface area contributed by atoms with Gasteiger partial charge in [-0.25, -0.2) is 0 Å². The highest BCUT2D eigenvalue weighted by Crippen LogP contribution is 2.32. The zero-order chi connectivity index (χ0) is 21.3. The number of likely N-dealkylation sites (tertiary alicyclic amines) is 1. The van der Waals surface area contributed by atoms with Crippen molar-refractivity contribution in [3.05, 3.63) is 71.8 Å². The highest BCUT2D eigenvalue weighted by molar-refractivity contribution is 5.96. The first-order valence-corrected chi connectivity index (χ1v) is 11.1. The van der Waals surface area contributed by atoms with E-state index in [0.29, 0.717) is 12.8 Å². The average molecular weight is 444 g/mol. The van der Waals surface area contributed by atoms with Crippen LogP contribution in [0, 0.1) is 0 Å². The number of Topliss-reactive ketones (excluding diaryl/α,β-unsaturated/α-hetero) is 1. The molecular formula is C26H34ClNO3. The largest absolute Gasteiger partial charge is 0.457 e. The van der Waals surface area contributed by atoms with E-state index in [2.05, 4.69) is 11.9 Å². The van der Waals surface area contributed by atoms with Crippen LogP contribution < -0.4 is 0 Å². The van der Waals surface area contributed by atoms with E-state index in [1.165, 1.54) is 0 Å². The molecule has 3 rings (SSSR count). The summed E-state index contributed by atoms with van der Waals surface area (Å²) in [5, 5.41) is 0. The molecular weight excluding hydrogens is 410 g/mol. The minimum absolute atomic E-state index is 0. The second-order valence-corrected chi connectivity index (χ2v) is 8.27. The third kappa shape index (κ3) is 7.19. The molecule has 1 saturated heterocycles. The molecule has 0 radical (unpaired) electrons. The van der Waals surface area contributed by atoms with Gasteiger partial charge < -0.3 is 4.74 Å². The summed E-state index contributed by atoms with van der Waals surface area (Å²) >= 11 is 0. The van der Waals surface area contributed by atoms with Crippen LogP contribution >= 0.6 is 12.4 Å². The molecule has 1 aliphatic rings. The lowest BCUT2D eigenvalue weighted by Crippen LogP contribution is -2.45. The first-order valence-electron chi connectivity index (χ1n) is 11.1. The van der Waals surface area contributed by atoms with Gasteiger partial charge in [0.05, 0.1) is 0 Å². The number of carbonyl (C=O) groups excluding carboxylic acids is 2. The van der Waals surface area contributed by atoms with Crippen LogP contribution in [0.3, 0.4) is 0 Å². The molecule has 4 nitrogen and oxygen atoms in total. The third-order valence-corrected chi connectivity index (χ3v) is 6.13. The Morgan fingerprint density at radius 2 is 1.61 bits per heavy atom. The fraction of sp³-hybridized carbons (Fsp3) is 0.462. The summed E-state index contributed by atoms with van der Waals surface area (Å²) in [5.74, 6) is 0.0581. The summed E-state index contributed by atoms with van der Waals surface area (Å²) in [4.78, 5) is 27.3. The van der Waals surface area contributed by atoms with Gasteiger partial charge in [-0.3, -0.25) is 14.5 Å². The monoisotopic (exact) mass is 443 g/mol. The van der Waals surface area contributed by atoms with Crippen molar-refractivity contribution in [3.63, 3.8) is 0 Å². The number of hydrogen-bond donors (Lipinski definition) is 0. The van der Waals surface area contributed by atoms with Crippen LogP contribution in [0.5, 0.6) is 0 Å². The molecule has 3 unspecified atom stereocenters. The number of ether oxygens (including phenoxy) is 1. The predicted octanol–water partition coefficient (Wildman–Crippen LogP) is 6.01. The molecule has 0 spiro atoms. The molecule has 2 aromatic rings. The Labute approximate surface area is 192 Å². The van der Waals surface area contributed by atoms with Crippen molar-refractivity contribution < 1.29 is 14.3 Å². The summed E-state index contributed by atoms with van der Waals surface area (Å²) in [7, 11) is 2.11. The van der Waals surface area contributed by atoms with Crippen molar-refractivity contribution in [2.24, 2.45) is 0 Å². The van der Waals surface area contributed by atoms with E-state index < -0.39 is 0 Å². The Bertz CT molecular complexity index is 812. The molecule has 1 aliphatic heterocycles. The maximum Gasteiger partial charge on any atom is 0.306 e. The molecule has 2 aromatic carbocycles. The quantitative estimate of drug-likeness (QED) is 0.351. The number of benzene rings is 2. The van der Waals surface area contributed by atoms with E-state index in [1.807, 2.05) is 67.6 Å². The van der Waals surface area contributed by atoms with Gasteiger partial charge in [0, 0.05) is 36.9 Å². The second kappa shape index (κ2) is 12.6. The van der Waals surface area contributed by atoms with Crippen molar-refractivity contribution in [2.45, 2.75) is 70.1 Å². The summed E-state index contributed by atoms with van der Waals surface area (Å²) in [6, 6.07) is 20.1. The van der Waals surface area contributed by atoms with Gasteiger partial charge in [0.2, 0.25) is 0 Å². The number of esters is 1. The Morgan fingerprint density at radius 3 is 2.26 bits per heavy atom. The molecule has 0 N–H and O–H groups in total. The smallest absolute Gasteiger partial charge is 0.306 e. The Kier molecular flexibility index (Phi) is 10.2. The normalized spacial score (nSPS) is 19.8. The van der Waals surface area contributed by atoms with Crippen LogP contribution in [0.4, 0.5) is 0 Å². The topological polar surface area (TPSA) is 46.6 Å². The molecule has 0 bridgehead atoms. The highest BCUT2D eigenvalue weighted by atomic mass is 35.5. The lowest BCUT2D eigenvalue weighted by Gasteiger charge is -2.40. The fourth-order valence-corrected chi connectivity index (χ4v) is 4.37. The van der Waals surface area contributed by atoms with E-state index in [0.717, 1.165) is 43.2 Å². The van der Waals surface area contributed by atoms with E-state index in [-0.39, 0.29) is 42.3 Å². The van der Waals surface area contributed by atoms with Crippen LogP contribution in [0.1, 0.15) is 73.9 Å². The standard InChI is InChI=1S/C26H33NO3.ClH/c1-3-11-26(29)30-25(21-14-8-5-9-15-21)19-23-17-10-16-22(27(23)2)18-24(28)20-12-6-4-7-13-20;/h4-9,12-15,22-23,25H,3,10-11,16-19H2,1-2H3;1H. The van der Waals surface area contributed by atoms with Crippen LogP contribution in [-0.4, -0.2) is 35.8 Å². The third-order valence-electron chi connectivity index (χ3n) is 6.13. The fourth-order valence-electron chi connectivity index (χ4n) is 4.37. The van der Waals surface area contributed by atoms with E-state index in [9.17, 15) is 9.59 Å².